The van der Waals surface area contributed by atoms with E-state index in [9.17, 15) is 0 Å². The quantitative estimate of drug-likeness (QED) is 0.162. The van der Waals surface area contributed by atoms with E-state index in [1.54, 1.807) is 0 Å². The van der Waals surface area contributed by atoms with E-state index in [2.05, 4.69) is 228 Å². The molecule has 0 fully saturated rings. The van der Waals surface area contributed by atoms with Gasteiger partial charge in [0.15, 0.2) is 11.6 Å². The van der Waals surface area contributed by atoms with Crippen LogP contribution in [0.15, 0.2) is 224 Å². The highest BCUT2D eigenvalue weighted by Crippen LogP contribution is 2.38. The molecule has 0 aliphatic rings. The molecule has 3 heterocycles. The summed E-state index contributed by atoms with van der Waals surface area (Å²) in [5, 5.41) is 4.69. The number of para-hydroxylation sites is 2. The van der Waals surface area contributed by atoms with Crippen molar-refractivity contribution >= 4 is 43.6 Å². The molecule has 0 radical (unpaired) electrons. The molecule has 5 heteroatoms. The first-order chi connectivity index (χ1) is 30.7. The zero-order valence-corrected chi connectivity index (χ0v) is 33.6. The Hall–Kier alpha value is -8.41. The second kappa shape index (κ2) is 14.7. The van der Waals surface area contributed by atoms with Crippen molar-refractivity contribution in [1.82, 2.24) is 24.1 Å². The molecular weight excluding hydrogens is 755 g/mol. The van der Waals surface area contributed by atoms with Crippen LogP contribution in [0.1, 0.15) is 0 Å². The molecule has 62 heavy (non-hydrogen) atoms. The Balaban J connectivity index is 1.05. The largest absolute Gasteiger partial charge is 0.309 e. The average molecular weight is 792 g/mol. The third-order valence-corrected chi connectivity index (χ3v) is 12.0. The van der Waals surface area contributed by atoms with E-state index in [1.165, 1.54) is 27.5 Å². The predicted molar refractivity (Wildman–Crippen MR) is 256 cm³/mol. The average Bonchev–Trinajstić information content (AvgIpc) is 3.87. The molecule has 0 atom stereocenters. The van der Waals surface area contributed by atoms with Crippen molar-refractivity contribution < 1.29 is 0 Å². The van der Waals surface area contributed by atoms with Crippen LogP contribution in [0.4, 0.5) is 0 Å². The van der Waals surface area contributed by atoms with Crippen LogP contribution in [0.25, 0.3) is 111 Å². The number of nitrogens with zero attached hydrogens (tertiary/aromatic N) is 5. The van der Waals surface area contributed by atoms with Crippen LogP contribution in [-0.2, 0) is 0 Å². The van der Waals surface area contributed by atoms with Gasteiger partial charge in [0.25, 0.3) is 0 Å². The number of hydrogen-bond donors (Lipinski definition) is 0. The molecule has 12 rings (SSSR count). The zero-order chi connectivity index (χ0) is 41.0. The molecule has 0 saturated carbocycles. The monoisotopic (exact) mass is 791 g/mol. The second-order valence-electron chi connectivity index (χ2n) is 15.7. The predicted octanol–water partition coefficient (Wildman–Crippen LogP) is 14.4. The Labute approximate surface area is 358 Å². The molecule has 5 nitrogen and oxygen atoms in total. The minimum atomic E-state index is 0.562. The van der Waals surface area contributed by atoms with Gasteiger partial charge in [0.1, 0.15) is 0 Å². The second-order valence-corrected chi connectivity index (χ2v) is 15.7. The van der Waals surface area contributed by atoms with E-state index >= 15 is 0 Å². The highest BCUT2D eigenvalue weighted by Gasteiger charge is 2.20. The first kappa shape index (κ1) is 35.5. The summed E-state index contributed by atoms with van der Waals surface area (Å²) in [7, 11) is 0. The first-order valence-electron chi connectivity index (χ1n) is 20.9. The summed E-state index contributed by atoms with van der Waals surface area (Å²) in [6.07, 6.45) is 0. The molecule has 0 N–H and O–H groups in total. The molecule has 290 valence electrons. The molecule has 0 aliphatic heterocycles. The van der Waals surface area contributed by atoms with Crippen molar-refractivity contribution in [3.8, 4) is 67.8 Å². The number of fused-ring (bicyclic) bond motifs is 6. The maximum atomic E-state index is 5.34. The smallest absolute Gasteiger partial charge is 0.238 e. The number of hydrogen-bond acceptors (Lipinski definition) is 3. The molecule has 12 aromatic rings. The van der Waals surface area contributed by atoms with Gasteiger partial charge >= 0.3 is 0 Å². The Morgan fingerprint density at radius 2 is 0.645 bits per heavy atom. The van der Waals surface area contributed by atoms with Crippen LogP contribution in [0.5, 0.6) is 0 Å². The zero-order valence-electron chi connectivity index (χ0n) is 33.6. The molecule has 0 spiro atoms. The Morgan fingerprint density at radius 1 is 0.242 bits per heavy atom. The summed E-state index contributed by atoms with van der Waals surface area (Å²) >= 11 is 0. The summed E-state index contributed by atoms with van der Waals surface area (Å²) in [6, 6.07) is 79.3. The topological polar surface area (TPSA) is 48.5 Å². The van der Waals surface area contributed by atoms with Crippen LogP contribution in [-0.4, -0.2) is 24.1 Å². The Kier molecular flexibility index (Phi) is 8.42. The summed E-state index contributed by atoms with van der Waals surface area (Å²) in [4.78, 5) is 15.9. The summed E-state index contributed by atoms with van der Waals surface area (Å²) in [5.74, 6) is 1.76. The Morgan fingerprint density at radius 3 is 1.23 bits per heavy atom. The van der Waals surface area contributed by atoms with Gasteiger partial charge in [0.2, 0.25) is 5.95 Å². The summed E-state index contributed by atoms with van der Waals surface area (Å²) in [6.45, 7) is 0. The fourth-order valence-electron chi connectivity index (χ4n) is 9.01. The molecule has 0 saturated heterocycles. The highest BCUT2D eigenvalue weighted by molar-refractivity contribution is 6.11. The van der Waals surface area contributed by atoms with Gasteiger partial charge in [-0.3, -0.25) is 4.57 Å². The normalized spacial score (nSPS) is 11.5. The van der Waals surface area contributed by atoms with Gasteiger partial charge in [0, 0.05) is 38.4 Å². The standard InChI is InChI=1S/C57H37N5/c1-4-15-38(16-5-1)41-27-29-42(30-28-41)55-58-56(60-57(59-55)62-52-26-13-11-24-48(52)50-37-44(32-34-54(50)62)40-19-8-3-9-20-40)45-21-14-22-46(35-45)61-51-25-12-10-23-47(51)49-36-43(31-33-53(49)61)39-17-6-2-7-18-39/h1-37H. The SMILES string of the molecule is c1ccc(-c2ccc(-c3nc(-c4cccc(-n5c6ccccc6c6cc(-c7ccccc7)ccc65)c4)nc(-n4c5ccccc5c5cc(-c6ccccc6)ccc54)n3)cc2)cc1. The molecule has 9 aromatic carbocycles. The van der Waals surface area contributed by atoms with Gasteiger partial charge < -0.3 is 4.57 Å². The first-order valence-corrected chi connectivity index (χ1v) is 20.9. The molecule has 0 amide bonds. The van der Waals surface area contributed by atoms with E-state index < -0.39 is 0 Å². The van der Waals surface area contributed by atoms with Crippen molar-refractivity contribution in [2.24, 2.45) is 0 Å². The maximum absolute atomic E-state index is 5.34. The van der Waals surface area contributed by atoms with Crippen molar-refractivity contribution in [2.45, 2.75) is 0 Å². The third-order valence-electron chi connectivity index (χ3n) is 12.0. The van der Waals surface area contributed by atoms with Crippen LogP contribution in [0, 0.1) is 0 Å². The van der Waals surface area contributed by atoms with Crippen LogP contribution < -0.4 is 0 Å². The van der Waals surface area contributed by atoms with Gasteiger partial charge in [-0.15, -0.1) is 0 Å². The molecule has 0 bridgehead atoms. The van der Waals surface area contributed by atoms with Crippen molar-refractivity contribution in [1.29, 1.82) is 0 Å². The fraction of sp³-hybridized carbons (Fsp3) is 0. The lowest BCUT2D eigenvalue weighted by Gasteiger charge is -2.13. The highest BCUT2D eigenvalue weighted by atomic mass is 15.2. The van der Waals surface area contributed by atoms with Crippen molar-refractivity contribution in [2.75, 3.05) is 0 Å². The number of rotatable bonds is 7. The number of aromatic nitrogens is 5. The summed E-state index contributed by atoms with van der Waals surface area (Å²) < 4.78 is 4.54. The molecule has 3 aromatic heterocycles. The van der Waals surface area contributed by atoms with Crippen molar-refractivity contribution in [3.05, 3.63) is 224 Å². The van der Waals surface area contributed by atoms with Gasteiger partial charge in [-0.2, -0.15) is 9.97 Å². The van der Waals surface area contributed by atoms with Gasteiger partial charge in [0.05, 0.1) is 22.1 Å². The molecule has 0 aliphatic carbocycles. The number of benzene rings is 9. The lowest BCUT2D eigenvalue weighted by Crippen LogP contribution is -2.06. The molecule has 0 unspecified atom stereocenters. The minimum Gasteiger partial charge on any atom is -0.309 e. The van der Waals surface area contributed by atoms with E-state index in [1.807, 2.05) is 6.07 Å². The van der Waals surface area contributed by atoms with Crippen molar-refractivity contribution in [3.63, 3.8) is 0 Å². The Bertz CT molecular complexity index is 3610. The van der Waals surface area contributed by atoms with Crippen LogP contribution in [0.3, 0.4) is 0 Å². The van der Waals surface area contributed by atoms with Gasteiger partial charge in [-0.25, -0.2) is 4.98 Å². The minimum absolute atomic E-state index is 0.562. The van der Waals surface area contributed by atoms with E-state index in [0.717, 1.165) is 66.3 Å². The third kappa shape index (κ3) is 6.06. The maximum Gasteiger partial charge on any atom is 0.238 e. The van der Waals surface area contributed by atoms with Crippen LogP contribution >= 0.6 is 0 Å². The van der Waals surface area contributed by atoms with Gasteiger partial charge in [-0.05, 0) is 81.9 Å². The van der Waals surface area contributed by atoms with E-state index in [4.69, 9.17) is 15.0 Å². The van der Waals surface area contributed by atoms with E-state index in [0.29, 0.717) is 17.6 Å². The van der Waals surface area contributed by atoms with Crippen LogP contribution in [0.2, 0.25) is 0 Å². The lowest BCUT2D eigenvalue weighted by molar-refractivity contribution is 0.953. The fourth-order valence-corrected chi connectivity index (χ4v) is 9.01. The molecular formula is C57H37N5. The van der Waals surface area contributed by atoms with E-state index in [-0.39, 0.29) is 0 Å². The van der Waals surface area contributed by atoms with Gasteiger partial charge in [-0.1, -0.05) is 176 Å². The summed E-state index contributed by atoms with van der Waals surface area (Å²) in [5.41, 5.74) is 14.2. The lowest BCUT2D eigenvalue weighted by atomic mass is 10.0.